The van der Waals surface area contributed by atoms with Crippen LogP contribution in [0, 0.1) is 0 Å². The fourth-order valence-corrected chi connectivity index (χ4v) is 2.98. The van der Waals surface area contributed by atoms with Gasteiger partial charge < -0.3 is 0 Å². The first-order chi connectivity index (χ1) is 11.9. The average Bonchev–Trinajstić information content (AvgIpc) is 2.62. The standard InChI is InChI=1S/C24H24O/c1-24(2,3)21-15-13-18(14-16-21)17-20-11-7-8-12-22(20)23(25)19-9-5-4-6-10-19/h4-16H,17H2,1-3H3. The topological polar surface area (TPSA) is 17.1 Å². The van der Waals surface area contributed by atoms with E-state index in [0.29, 0.717) is 0 Å². The van der Waals surface area contributed by atoms with Gasteiger partial charge in [0, 0.05) is 11.1 Å². The zero-order chi connectivity index (χ0) is 17.9. The number of carbonyl (C=O) groups excluding carboxylic acids is 1. The van der Waals surface area contributed by atoms with Crippen molar-refractivity contribution in [2.75, 3.05) is 0 Å². The van der Waals surface area contributed by atoms with Crippen LogP contribution < -0.4 is 0 Å². The zero-order valence-electron chi connectivity index (χ0n) is 15.1. The molecule has 3 aromatic rings. The predicted molar refractivity (Wildman–Crippen MR) is 104 cm³/mol. The van der Waals surface area contributed by atoms with Gasteiger partial charge in [0.15, 0.2) is 5.78 Å². The molecule has 0 N–H and O–H groups in total. The second-order valence-electron chi connectivity index (χ2n) is 7.48. The maximum absolute atomic E-state index is 12.8. The van der Waals surface area contributed by atoms with E-state index in [-0.39, 0.29) is 11.2 Å². The first kappa shape index (κ1) is 17.2. The molecule has 126 valence electrons. The molecule has 0 aliphatic heterocycles. The van der Waals surface area contributed by atoms with Gasteiger partial charge in [-0.25, -0.2) is 0 Å². The van der Waals surface area contributed by atoms with E-state index in [9.17, 15) is 4.79 Å². The van der Waals surface area contributed by atoms with E-state index in [1.165, 1.54) is 11.1 Å². The van der Waals surface area contributed by atoms with Gasteiger partial charge in [0.2, 0.25) is 0 Å². The van der Waals surface area contributed by atoms with Crippen LogP contribution in [0.25, 0.3) is 0 Å². The molecule has 0 aliphatic rings. The SMILES string of the molecule is CC(C)(C)c1ccc(Cc2ccccc2C(=O)c2ccccc2)cc1. The van der Waals surface area contributed by atoms with Gasteiger partial charge >= 0.3 is 0 Å². The molecule has 0 amide bonds. The van der Waals surface area contributed by atoms with Crippen molar-refractivity contribution >= 4 is 5.78 Å². The van der Waals surface area contributed by atoms with Crippen LogP contribution in [0.5, 0.6) is 0 Å². The molecule has 0 heterocycles. The molecule has 0 aromatic heterocycles. The quantitative estimate of drug-likeness (QED) is 0.553. The molecule has 0 unspecified atom stereocenters. The van der Waals surface area contributed by atoms with Gasteiger partial charge in [-0.2, -0.15) is 0 Å². The Balaban J connectivity index is 1.88. The van der Waals surface area contributed by atoms with Gasteiger partial charge in [-0.1, -0.05) is 99.6 Å². The van der Waals surface area contributed by atoms with Crippen LogP contribution >= 0.6 is 0 Å². The Morgan fingerprint density at radius 3 is 2.00 bits per heavy atom. The second-order valence-corrected chi connectivity index (χ2v) is 7.48. The van der Waals surface area contributed by atoms with E-state index in [1.807, 2.05) is 54.6 Å². The highest BCUT2D eigenvalue weighted by Gasteiger charge is 2.15. The first-order valence-corrected chi connectivity index (χ1v) is 8.72. The summed E-state index contributed by atoms with van der Waals surface area (Å²) in [6.07, 6.45) is 0.763. The minimum absolute atomic E-state index is 0.0857. The maximum Gasteiger partial charge on any atom is 0.193 e. The summed E-state index contributed by atoms with van der Waals surface area (Å²) in [6.45, 7) is 6.65. The fourth-order valence-electron chi connectivity index (χ4n) is 2.98. The highest BCUT2D eigenvalue weighted by atomic mass is 16.1. The van der Waals surface area contributed by atoms with Crippen LogP contribution in [0.2, 0.25) is 0 Å². The van der Waals surface area contributed by atoms with E-state index in [0.717, 1.165) is 23.1 Å². The normalized spacial score (nSPS) is 11.3. The molecule has 0 atom stereocenters. The van der Waals surface area contributed by atoms with Crippen molar-refractivity contribution in [3.63, 3.8) is 0 Å². The van der Waals surface area contributed by atoms with Crippen molar-refractivity contribution in [1.82, 2.24) is 0 Å². The van der Waals surface area contributed by atoms with Crippen LogP contribution in [0.4, 0.5) is 0 Å². The summed E-state index contributed by atoms with van der Waals surface area (Å²) < 4.78 is 0. The van der Waals surface area contributed by atoms with Crippen molar-refractivity contribution in [2.45, 2.75) is 32.6 Å². The van der Waals surface area contributed by atoms with E-state index < -0.39 is 0 Å². The number of benzene rings is 3. The molecule has 25 heavy (non-hydrogen) atoms. The van der Waals surface area contributed by atoms with Crippen LogP contribution in [-0.2, 0) is 11.8 Å². The molecule has 1 nitrogen and oxygen atoms in total. The zero-order valence-corrected chi connectivity index (χ0v) is 15.1. The second kappa shape index (κ2) is 7.06. The minimum Gasteiger partial charge on any atom is -0.289 e. The van der Waals surface area contributed by atoms with Gasteiger partial charge in [-0.3, -0.25) is 4.79 Å². The molecule has 0 bridgehead atoms. The summed E-state index contributed by atoms with van der Waals surface area (Å²) in [7, 11) is 0. The summed E-state index contributed by atoms with van der Waals surface area (Å²) in [4.78, 5) is 12.8. The molecule has 0 spiro atoms. The highest BCUT2D eigenvalue weighted by molar-refractivity contribution is 6.09. The lowest BCUT2D eigenvalue weighted by Crippen LogP contribution is -2.11. The number of hydrogen-bond donors (Lipinski definition) is 0. The lowest BCUT2D eigenvalue weighted by atomic mass is 9.86. The first-order valence-electron chi connectivity index (χ1n) is 8.72. The van der Waals surface area contributed by atoms with Gasteiger partial charge in [-0.15, -0.1) is 0 Å². The largest absolute Gasteiger partial charge is 0.289 e. The van der Waals surface area contributed by atoms with Crippen LogP contribution in [0.1, 0.15) is 53.4 Å². The van der Waals surface area contributed by atoms with Gasteiger partial charge in [0.05, 0.1) is 0 Å². The molecule has 3 rings (SSSR count). The number of hydrogen-bond acceptors (Lipinski definition) is 1. The van der Waals surface area contributed by atoms with E-state index >= 15 is 0 Å². The molecule has 0 saturated heterocycles. The van der Waals surface area contributed by atoms with Crippen LogP contribution in [-0.4, -0.2) is 5.78 Å². The molecule has 1 heteroatoms. The molecule has 0 saturated carbocycles. The number of carbonyl (C=O) groups is 1. The predicted octanol–water partition coefficient (Wildman–Crippen LogP) is 5.81. The van der Waals surface area contributed by atoms with Crippen molar-refractivity contribution in [3.05, 3.63) is 107 Å². The van der Waals surface area contributed by atoms with Crippen molar-refractivity contribution < 1.29 is 4.79 Å². The summed E-state index contributed by atoms with van der Waals surface area (Å²) in [6, 6.07) is 26.1. The maximum atomic E-state index is 12.8. The average molecular weight is 328 g/mol. The fraction of sp³-hybridized carbons (Fsp3) is 0.208. The number of ketones is 1. The molecule has 0 radical (unpaired) electrons. The van der Waals surface area contributed by atoms with Crippen molar-refractivity contribution in [3.8, 4) is 0 Å². The van der Waals surface area contributed by atoms with E-state index in [4.69, 9.17) is 0 Å². The van der Waals surface area contributed by atoms with Crippen LogP contribution in [0.15, 0.2) is 78.9 Å². The molecule has 0 aliphatic carbocycles. The van der Waals surface area contributed by atoms with E-state index in [2.05, 4.69) is 45.0 Å². The lowest BCUT2D eigenvalue weighted by Gasteiger charge is -2.19. The Morgan fingerprint density at radius 2 is 1.36 bits per heavy atom. The number of rotatable bonds is 4. The Morgan fingerprint density at radius 1 is 0.760 bits per heavy atom. The van der Waals surface area contributed by atoms with Crippen LogP contribution in [0.3, 0.4) is 0 Å². The monoisotopic (exact) mass is 328 g/mol. The Bertz CT molecular complexity index is 853. The van der Waals surface area contributed by atoms with Gasteiger partial charge in [0.1, 0.15) is 0 Å². The van der Waals surface area contributed by atoms with Gasteiger partial charge in [-0.05, 0) is 28.5 Å². The third kappa shape index (κ3) is 4.06. The van der Waals surface area contributed by atoms with Crippen molar-refractivity contribution in [2.24, 2.45) is 0 Å². The molecule has 0 fully saturated rings. The summed E-state index contributed by atoms with van der Waals surface area (Å²) in [5.74, 6) is 0.0857. The van der Waals surface area contributed by atoms with Gasteiger partial charge in [0.25, 0.3) is 0 Å². The summed E-state index contributed by atoms with van der Waals surface area (Å²) in [5, 5.41) is 0. The molecular weight excluding hydrogens is 304 g/mol. The molecular formula is C24H24O. The Kier molecular flexibility index (Phi) is 4.85. The summed E-state index contributed by atoms with van der Waals surface area (Å²) in [5.41, 5.74) is 5.29. The summed E-state index contributed by atoms with van der Waals surface area (Å²) >= 11 is 0. The smallest absolute Gasteiger partial charge is 0.193 e. The Hall–Kier alpha value is -2.67. The minimum atomic E-state index is 0.0857. The highest BCUT2D eigenvalue weighted by Crippen LogP contribution is 2.24. The van der Waals surface area contributed by atoms with E-state index in [1.54, 1.807) is 0 Å². The third-order valence-electron chi connectivity index (χ3n) is 4.51. The lowest BCUT2D eigenvalue weighted by molar-refractivity contribution is 0.103. The van der Waals surface area contributed by atoms with Crippen molar-refractivity contribution in [1.29, 1.82) is 0 Å². The Labute approximate surface area is 150 Å². The molecule has 3 aromatic carbocycles. The third-order valence-corrected chi connectivity index (χ3v) is 4.51.